The third kappa shape index (κ3) is 3.03. The topological polar surface area (TPSA) is 69.3 Å². The lowest BCUT2D eigenvalue weighted by atomic mass is 10.1. The molecule has 0 aliphatic heterocycles. The zero-order valence-corrected chi connectivity index (χ0v) is 15.6. The smallest absolute Gasteiger partial charge is 0.287 e. The first-order chi connectivity index (χ1) is 13.1. The Kier molecular flexibility index (Phi) is 4.32. The van der Waals surface area contributed by atoms with E-state index in [0.29, 0.717) is 24.4 Å². The van der Waals surface area contributed by atoms with Gasteiger partial charge in [0.1, 0.15) is 17.2 Å². The van der Waals surface area contributed by atoms with Crippen LogP contribution in [0.2, 0.25) is 0 Å². The van der Waals surface area contributed by atoms with Gasteiger partial charge in [-0.05, 0) is 44.2 Å². The SMILES string of the molecule is COc1ccc2oc(C(=O)NCCn3c(C)nc4ccccc43)c(C)c2c1. The molecule has 138 valence electrons. The molecule has 27 heavy (non-hydrogen) atoms. The summed E-state index contributed by atoms with van der Waals surface area (Å²) >= 11 is 0. The van der Waals surface area contributed by atoms with Crippen LogP contribution in [0.3, 0.4) is 0 Å². The maximum Gasteiger partial charge on any atom is 0.287 e. The predicted molar refractivity (Wildman–Crippen MR) is 104 cm³/mol. The summed E-state index contributed by atoms with van der Waals surface area (Å²) < 4.78 is 13.1. The van der Waals surface area contributed by atoms with Crippen LogP contribution in [0.5, 0.6) is 5.75 Å². The maximum atomic E-state index is 12.6. The quantitative estimate of drug-likeness (QED) is 0.585. The molecule has 0 aliphatic rings. The monoisotopic (exact) mass is 363 g/mol. The van der Waals surface area contributed by atoms with Gasteiger partial charge in [-0.1, -0.05) is 12.1 Å². The van der Waals surface area contributed by atoms with Gasteiger partial charge in [0.15, 0.2) is 5.76 Å². The molecule has 6 heteroatoms. The normalized spacial score (nSPS) is 11.2. The van der Waals surface area contributed by atoms with Crippen molar-refractivity contribution in [3.63, 3.8) is 0 Å². The van der Waals surface area contributed by atoms with Gasteiger partial charge in [-0.3, -0.25) is 4.79 Å². The fourth-order valence-electron chi connectivity index (χ4n) is 3.38. The molecule has 0 aliphatic carbocycles. The van der Waals surface area contributed by atoms with E-state index in [1.807, 2.05) is 56.3 Å². The number of nitrogens with one attached hydrogen (secondary N) is 1. The van der Waals surface area contributed by atoms with E-state index in [4.69, 9.17) is 9.15 Å². The molecule has 1 amide bonds. The van der Waals surface area contributed by atoms with Crippen LogP contribution in [-0.2, 0) is 6.54 Å². The second-order valence-corrected chi connectivity index (χ2v) is 6.47. The van der Waals surface area contributed by atoms with Crippen molar-refractivity contribution in [2.24, 2.45) is 0 Å². The summed E-state index contributed by atoms with van der Waals surface area (Å²) in [5.74, 6) is 1.79. The molecule has 0 saturated carbocycles. The number of para-hydroxylation sites is 2. The van der Waals surface area contributed by atoms with E-state index in [-0.39, 0.29) is 5.91 Å². The number of benzene rings is 2. The first kappa shape index (κ1) is 17.1. The zero-order chi connectivity index (χ0) is 19.0. The highest BCUT2D eigenvalue weighted by molar-refractivity contribution is 5.99. The minimum Gasteiger partial charge on any atom is -0.497 e. The lowest BCUT2D eigenvalue weighted by Crippen LogP contribution is -2.27. The minimum atomic E-state index is -0.218. The van der Waals surface area contributed by atoms with Crippen LogP contribution in [-0.4, -0.2) is 29.1 Å². The lowest BCUT2D eigenvalue weighted by Gasteiger charge is -2.08. The number of aromatic nitrogens is 2. The molecule has 0 radical (unpaired) electrons. The van der Waals surface area contributed by atoms with E-state index in [1.165, 1.54) is 0 Å². The molecule has 0 atom stereocenters. The number of aryl methyl sites for hydroxylation is 2. The number of carbonyl (C=O) groups is 1. The predicted octanol–water partition coefficient (Wildman–Crippen LogP) is 3.84. The molecule has 0 spiro atoms. The van der Waals surface area contributed by atoms with Crippen molar-refractivity contribution in [3.8, 4) is 5.75 Å². The summed E-state index contributed by atoms with van der Waals surface area (Å²) in [4.78, 5) is 17.2. The van der Waals surface area contributed by atoms with Gasteiger partial charge in [-0.15, -0.1) is 0 Å². The third-order valence-electron chi connectivity index (χ3n) is 4.82. The standard InChI is InChI=1S/C21H21N3O3/c1-13-16-12-15(26-3)8-9-19(16)27-20(13)21(25)22-10-11-24-14(2)23-17-6-4-5-7-18(17)24/h4-9,12H,10-11H2,1-3H3,(H,22,25). The van der Waals surface area contributed by atoms with Crippen molar-refractivity contribution in [1.82, 2.24) is 14.9 Å². The fraction of sp³-hybridized carbons (Fsp3) is 0.238. The van der Waals surface area contributed by atoms with Crippen LogP contribution in [0.25, 0.3) is 22.0 Å². The summed E-state index contributed by atoms with van der Waals surface area (Å²) in [7, 11) is 1.62. The van der Waals surface area contributed by atoms with E-state index in [1.54, 1.807) is 7.11 Å². The Balaban J connectivity index is 1.50. The number of ether oxygens (including phenoxy) is 1. The number of hydrogen-bond donors (Lipinski definition) is 1. The molecule has 0 saturated heterocycles. The number of rotatable bonds is 5. The molecule has 2 aromatic carbocycles. The van der Waals surface area contributed by atoms with Gasteiger partial charge in [0.2, 0.25) is 0 Å². The van der Waals surface area contributed by atoms with Crippen molar-refractivity contribution in [2.45, 2.75) is 20.4 Å². The number of carbonyl (C=O) groups excluding carboxylic acids is 1. The minimum absolute atomic E-state index is 0.218. The Hall–Kier alpha value is -3.28. The van der Waals surface area contributed by atoms with E-state index in [0.717, 1.165) is 33.6 Å². The second-order valence-electron chi connectivity index (χ2n) is 6.47. The summed E-state index contributed by atoms with van der Waals surface area (Å²) in [6, 6.07) is 13.5. The molecule has 0 fully saturated rings. The molecule has 4 rings (SSSR count). The van der Waals surface area contributed by atoms with Crippen LogP contribution >= 0.6 is 0 Å². The highest BCUT2D eigenvalue weighted by atomic mass is 16.5. The third-order valence-corrected chi connectivity index (χ3v) is 4.82. The number of furan rings is 1. The van der Waals surface area contributed by atoms with Gasteiger partial charge in [0.25, 0.3) is 5.91 Å². The van der Waals surface area contributed by atoms with Crippen molar-refractivity contribution in [2.75, 3.05) is 13.7 Å². The van der Waals surface area contributed by atoms with E-state index in [2.05, 4.69) is 14.9 Å². The lowest BCUT2D eigenvalue weighted by molar-refractivity contribution is 0.0926. The van der Waals surface area contributed by atoms with Crippen molar-refractivity contribution in [1.29, 1.82) is 0 Å². The Morgan fingerprint density at radius 3 is 2.85 bits per heavy atom. The molecular weight excluding hydrogens is 342 g/mol. The van der Waals surface area contributed by atoms with Gasteiger partial charge in [0, 0.05) is 24.0 Å². The highest BCUT2D eigenvalue weighted by Gasteiger charge is 2.18. The number of imidazole rings is 1. The highest BCUT2D eigenvalue weighted by Crippen LogP contribution is 2.28. The van der Waals surface area contributed by atoms with Crippen LogP contribution in [0, 0.1) is 13.8 Å². The van der Waals surface area contributed by atoms with Crippen LogP contribution < -0.4 is 10.1 Å². The average molecular weight is 363 g/mol. The second kappa shape index (κ2) is 6.79. The summed E-state index contributed by atoms with van der Waals surface area (Å²) in [5.41, 5.74) is 3.51. The number of hydrogen-bond acceptors (Lipinski definition) is 4. The summed E-state index contributed by atoms with van der Waals surface area (Å²) in [6.07, 6.45) is 0. The first-order valence-corrected chi connectivity index (χ1v) is 8.85. The fourth-order valence-corrected chi connectivity index (χ4v) is 3.38. The number of methoxy groups -OCH3 is 1. The number of nitrogens with zero attached hydrogens (tertiary/aromatic N) is 2. The summed E-state index contributed by atoms with van der Waals surface area (Å²) in [5, 5.41) is 3.83. The van der Waals surface area contributed by atoms with E-state index < -0.39 is 0 Å². The molecule has 0 bridgehead atoms. The van der Waals surface area contributed by atoms with Crippen LogP contribution in [0.15, 0.2) is 46.9 Å². The maximum absolute atomic E-state index is 12.6. The van der Waals surface area contributed by atoms with Gasteiger partial charge in [-0.25, -0.2) is 4.98 Å². The number of fused-ring (bicyclic) bond motifs is 2. The van der Waals surface area contributed by atoms with Gasteiger partial charge in [-0.2, -0.15) is 0 Å². The average Bonchev–Trinajstić information content (AvgIpc) is 3.18. The number of amides is 1. The largest absolute Gasteiger partial charge is 0.497 e. The molecule has 0 unspecified atom stereocenters. The Morgan fingerprint density at radius 2 is 2.04 bits per heavy atom. The molecule has 1 N–H and O–H groups in total. The Morgan fingerprint density at radius 1 is 1.22 bits per heavy atom. The van der Waals surface area contributed by atoms with Crippen molar-refractivity contribution in [3.05, 3.63) is 59.6 Å². The van der Waals surface area contributed by atoms with Crippen LogP contribution in [0.4, 0.5) is 0 Å². The Labute approximate surface area is 156 Å². The van der Waals surface area contributed by atoms with E-state index >= 15 is 0 Å². The molecule has 2 aromatic heterocycles. The van der Waals surface area contributed by atoms with Gasteiger partial charge < -0.3 is 19.0 Å². The molecule has 2 heterocycles. The Bertz CT molecular complexity index is 1140. The van der Waals surface area contributed by atoms with Crippen molar-refractivity contribution >= 4 is 27.9 Å². The summed E-state index contributed by atoms with van der Waals surface area (Å²) in [6.45, 7) is 4.98. The first-order valence-electron chi connectivity index (χ1n) is 8.85. The molecule has 6 nitrogen and oxygen atoms in total. The zero-order valence-electron chi connectivity index (χ0n) is 15.6. The van der Waals surface area contributed by atoms with Crippen LogP contribution in [0.1, 0.15) is 21.9 Å². The molecule has 4 aromatic rings. The van der Waals surface area contributed by atoms with Crippen molar-refractivity contribution < 1.29 is 13.9 Å². The molecular formula is C21H21N3O3. The van der Waals surface area contributed by atoms with Gasteiger partial charge in [0.05, 0.1) is 18.1 Å². The van der Waals surface area contributed by atoms with E-state index in [9.17, 15) is 4.79 Å². The van der Waals surface area contributed by atoms with Gasteiger partial charge >= 0.3 is 0 Å².